The highest BCUT2D eigenvalue weighted by Crippen LogP contribution is 2.25. The van der Waals surface area contributed by atoms with Crippen LogP contribution in [-0.4, -0.2) is 7.11 Å². The molecule has 0 amide bonds. The van der Waals surface area contributed by atoms with Crippen molar-refractivity contribution in [1.82, 2.24) is 0 Å². The first-order valence-corrected chi connectivity index (χ1v) is 6.61. The van der Waals surface area contributed by atoms with Crippen molar-refractivity contribution in [1.29, 1.82) is 0 Å². The fourth-order valence-corrected chi connectivity index (χ4v) is 2.22. The number of hydrogen-bond donors (Lipinski definition) is 1. The maximum absolute atomic E-state index is 6.11. The van der Waals surface area contributed by atoms with E-state index in [0.717, 1.165) is 17.8 Å². The molecule has 0 saturated carbocycles. The third-order valence-corrected chi connectivity index (χ3v) is 3.39. The second kappa shape index (κ2) is 5.98. The first-order chi connectivity index (χ1) is 9.10. The molecule has 2 nitrogen and oxygen atoms in total. The van der Waals surface area contributed by atoms with Crippen LogP contribution >= 0.6 is 11.6 Å². The predicted octanol–water partition coefficient (Wildman–Crippen LogP) is 4.58. The predicted molar refractivity (Wildman–Crippen MR) is 81.2 cm³/mol. The largest absolute Gasteiger partial charge is 0.495 e. The molecule has 0 aromatic heterocycles. The number of rotatable bonds is 4. The van der Waals surface area contributed by atoms with E-state index >= 15 is 0 Å². The van der Waals surface area contributed by atoms with Gasteiger partial charge in [-0.15, -0.1) is 0 Å². The maximum atomic E-state index is 6.11. The molecule has 19 heavy (non-hydrogen) atoms. The van der Waals surface area contributed by atoms with E-state index in [1.807, 2.05) is 18.2 Å². The van der Waals surface area contributed by atoms with Gasteiger partial charge in [-0.05, 0) is 48.7 Å². The van der Waals surface area contributed by atoms with Gasteiger partial charge in [0.15, 0.2) is 0 Å². The number of hydrogen-bond acceptors (Lipinski definition) is 2. The molecule has 100 valence electrons. The Kier molecular flexibility index (Phi) is 4.33. The molecule has 2 aromatic rings. The van der Waals surface area contributed by atoms with Gasteiger partial charge in [-0.1, -0.05) is 29.8 Å². The van der Waals surface area contributed by atoms with Crippen molar-refractivity contribution in [3.05, 3.63) is 58.1 Å². The molecule has 0 saturated heterocycles. The normalized spacial score (nSPS) is 10.3. The van der Waals surface area contributed by atoms with Gasteiger partial charge in [0, 0.05) is 12.2 Å². The second-order valence-electron chi connectivity index (χ2n) is 4.64. The van der Waals surface area contributed by atoms with Gasteiger partial charge in [-0.25, -0.2) is 0 Å². The molecule has 0 bridgehead atoms. The molecule has 2 rings (SSSR count). The summed E-state index contributed by atoms with van der Waals surface area (Å²) in [7, 11) is 1.62. The summed E-state index contributed by atoms with van der Waals surface area (Å²) in [5.74, 6) is 0.706. The molecule has 3 heteroatoms. The molecule has 0 heterocycles. The Morgan fingerprint density at radius 2 is 1.89 bits per heavy atom. The lowest BCUT2D eigenvalue weighted by Gasteiger charge is -2.11. The van der Waals surface area contributed by atoms with Gasteiger partial charge < -0.3 is 10.1 Å². The molecule has 0 spiro atoms. The van der Waals surface area contributed by atoms with Crippen LogP contribution in [0.3, 0.4) is 0 Å². The second-order valence-corrected chi connectivity index (χ2v) is 5.05. The van der Waals surface area contributed by atoms with Gasteiger partial charge in [-0.3, -0.25) is 0 Å². The Bertz CT molecular complexity index is 581. The molecular weight excluding hydrogens is 258 g/mol. The van der Waals surface area contributed by atoms with Gasteiger partial charge in [0.1, 0.15) is 5.75 Å². The number of ether oxygens (including phenoxy) is 1. The summed E-state index contributed by atoms with van der Waals surface area (Å²) in [5.41, 5.74) is 4.78. The van der Waals surface area contributed by atoms with E-state index in [-0.39, 0.29) is 0 Å². The zero-order chi connectivity index (χ0) is 13.8. The number of aryl methyl sites for hydroxylation is 2. The Hall–Kier alpha value is -1.67. The molecule has 0 aliphatic heterocycles. The zero-order valence-corrected chi connectivity index (χ0v) is 12.2. The first kappa shape index (κ1) is 13.8. The molecule has 0 aliphatic rings. The summed E-state index contributed by atoms with van der Waals surface area (Å²) in [4.78, 5) is 0. The van der Waals surface area contributed by atoms with E-state index in [9.17, 15) is 0 Å². The van der Waals surface area contributed by atoms with E-state index in [1.54, 1.807) is 7.11 Å². The zero-order valence-electron chi connectivity index (χ0n) is 11.5. The van der Waals surface area contributed by atoms with Crippen LogP contribution in [0.1, 0.15) is 16.7 Å². The molecule has 0 atom stereocenters. The minimum Gasteiger partial charge on any atom is -0.495 e. The number of benzene rings is 2. The van der Waals surface area contributed by atoms with Crippen LogP contribution in [0.15, 0.2) is 36.4 Å². The fourth-order valence-electron chi connectivity index (χ4n) is 1.94. The number of methoxy groups -OCH3 is 1. The average Bonchev–Trinajstić information content (AvgIpc) is 2.40. The lowest BCUT2D eigenvalue weighted by Crippen LogP contribution is -2.01. The molecular formula is C16H18ClNO. The van der Waals surface area contributed by atoms with E-state index in [4.69, 9.17) is 16.3 Å². The number of nitrogens with one attached hydrogen (secondary N) is 1. The lowest BCUT2D eigenvalue weighted by molar-refractivity contribution is 0.415. The molecule has 0 fully saturated rings. The smallest absolute Gasteiger partial charge is 0.137 e. The Balaban J connectivity index is 2.10. The highest BCUT2D eigenvalue weighted by Gasteiger charge is 2.03. The van der Waals surface area contributed by atoms with Gasteiger partial charge >= 0.3 is 0 Å². The minimum absolute atomic E-state index is 0.641. The topological polar surface area (TPSA) is 21.3 Å². The van der Waals surface area contributed by atoms with E-state index in [1.165, 1.54) is 11.1 Å². The Labute approximate surface area is 119 Å². The summed E-state index contributed by atoms with van der Waals surface area (Å²) in [6, 6.07) is 12.2. The van der Waals surface area contributed by atoms with Crippen LogP contribution in [0.2, 0.25) is 5.02 Å². The first-order valence-electron chi connectivity index (χ1n) is 6.23. The molecule has 2 aromatic carbocycles. The minimum atomic E-state index is 0.641. The summed E-state index contributed by atoms with van der Waals surface area (Å²) >= 11 is 6.11. The summed E-state index contributed by atoms with van der Waals surface area (Å²) in [6.45, 7) is 4.94. The van der Waals surface area contributed by atoms with Crippen molar-refractivity contribution >= 4 is 17.3 Å². The highest BCUT2D eigenvalue weighted by atomic mass is 35.5. The highest BCUT2D eigenvalue weighted by molar-refractivity contribution is 6.32. The maximum Gasteiger partial charge on any atom is 0.137 e. The van der Waals surface area contributed by atoms with Gasteiger partial charge in [0.25, 0.3) is 0 Å². The molecule has 0 unspecified atom stereocenters. The van der Waals surface area contributed by atoms with E-state index < -0.39 is 0 Å². The van der Waals surface area contributed by atoms with E-state index in [0.29, 0.717) is 10.8 Å². The molecule has 1 N–H and O–H groups in total. The van der Waals surface area contributed by atoms with Gasteiger partial charge in [0.2, 0.25) is 0 Å². The van der Waals surface area contributed by atoms with Gasteiger partial charge in [-0.2, -0.15) is 0 Å². The third-order valence-electron chi connectivity index (χ3n) is 3.09. The molecule has 0 aliphatic carbocycles. The fraction of sp³-hybridized carbons (Fsp3) is 0.250. The monoisotopic (exact) mass is 275 g/mol. The summed E-state index contributed by atoms with van der Waals surface area (Å²) < 4.78 is 5.15. The van der Waals surface area contributed by atoms with Crippen LogP contribution in [0.25, 0.3) is 0 Å². The summed E-state index contributed by atoms with van der Waals surface area (Å²) in [5, 5.41) is 4.08. The van der Waals surface area contributed by atoms with E-state index in [2.05, 4.69) is 37.4 Å². The van der Waals surface area contributed by atoms with Crippen molar-refractivity contribution in [3.8, 4) is 5.75 Å². The van der Waals surface area contributed by atoms with Gasteiger partial charge in [0.05, 0.1) is 12.1 Å². The Morgan fingerprint density at radius 3 is 2.58 bits per heavy atom. The standard InChI is InChI=1S/C16H18ClNO/c1-11-4-5-12(2)15(8-11)18-10-13-6-7-16(19-3)14(17)9-13/h4-9,18H,10H2,1-3H3. The molecule has 0 radical (unpaired) electrons. The van der Waals surface area contributed by atoms with Crippen molar-refractivity contribution < 1.29 is 4.74 Å². The van der Waals surface area contributed by atoms with Crippen molar-refractivity contribution in [2.24, 2.45) is 0 Å². The van der Waals surface area contributed by atoms with Crippen LogP contribution in [0, 0.1) is 13.8 Å². The van der Waals surface area contributed by atoms with Crippen LogP contribution in [-0.2, 0) is 6.54 Å². The lowest BCUT2D eigenvalue weighted by atomic mass is 10.1. The SMILES string of the molecule is COc1ccc(CNc2cc(C)ccc2C)cc1Cl. The van der Waals surface area contributed by atoms with Crippen molar-refractivity contribution in [3.63, 3.8) is 0 Å². The van der Waals surface area contributed by atoms with Crippen molar-refractivity contribution in [2.75, 3.05) is 12.4 Å². The van der Waals surface area contributed by atoms with Crippen molar-refractivity contribution in [2.45, 2.75) is 20.4 Å². The van der Waals surface area contributed by atoms with Crippen LogP contribution < -0.4 is 10.1 Å². The summed E-state index contributed by atoms with van der Waals surface area (Å²) in [6.07, 6.45) is 0. The number of halogens is 1. The number of anilines is 1. The van der Waals surface area contributed by atoms with Crippen LogP contribution in [0.4, 0.5) is 5.69 Å². The Morgan fingerprint density at radius 1 is 1.11 bits per heavy atom. The average molecular weight is 276 g/mol. The third kappa shape index (κ3) is 3.42. The van der Waals surface area contributed by atoms with Crippen LogP contribution in [0.5, 0.6) is 5.75 Å². The quantitative estimate of drug-likeness (QED) is 0.882.